The van der Waals surface area contributed by atoms with E-state index in [0.717, 1.165) is 24.5 Å². The maximum atomic E-state index is 9.36. The summed E-state index contributed by atoms with van der Waals surface area (Å²) in [7, 11) is 0. The van der Waals surface area contributed by atoms with Gasteiger partial charge >= 0.3 is 0 Å². The number of hydrogen-bond acceptors (Lipinski definition) is 5. The van der Waals surface area contributed by atoms with E-state index >= 15 is 0 Å². The summed E-state index contributed by atoms with van der Waals surface area (Å²) in [5, 5.41) is 12.6. The van der Waals surface area contributed by atoms with E-state index in [1.807, 2.05) is 6.92 Å². The van der Waals surface area contributed by atoms with E-state index in [4.69, 9.17) is 4.98 Å². The summed E-state index contributed by atoms with van der Waals surface area (Å²) in [5.41, 5.74) is 3.75. The molecule has 0 saturated carbocycles. The van der Waals surface area contributed by atoms with Crippen molar-refractivity contribution in [3.63, 3.8) is 0 Å². The number of hydrogen-bond donors (Lipinski definition) is 2. The molecule has 0 unspecified atom stereocenters. The summed E-state index contributed by atoms with van der Waals surface area (Å²) in [5.74, 6) is 1.83. The highest BCUT2D eigenvalue weighted by Crippen LogP contribution is 2.35. The van der Waals surface area contributed by atoms with Crippen molar-refractivity contribution >= 4 is 11.8 Å². The Morgan fingerprint density at radius 1 is 1.15 bits per heavy atom. The first-order valence-electron chi connectivity index (χ1n) is 9.41. The van der Waals surface area contributed by atoms with Crippen LogP contribution in [0.3, 0.4) is 0 Å². The lowest BCUT2D eigenvalue weighted by Crippen LogP contribution is -2.49. The molecule has 5 nitrogen and oxygen atoms in total. The number of nitrogens with zero attached hydrogens (tertiary/aromatic N) is 3. The number of aromatic nitrogens is 2. The highest BCUT2D eigenvalue weighted by molar-refractivity contribution is 5.51. The summed E-state index contributed by atoms with van der Waals surface area (Å²) in [6.45, 7) is 11.6. The number of nitrogens with one attached hydrogen (secondary N) is 1. The van der Waals surface area contributed by atoms with Crippen LogP contribution in [-0.2, 0) is 13.0 Å². The van der Waals surface area contributed by atoms with Gasteiger partial charge in [0, 0.05) is 24.2 Å². The Hall–Kier alpha value is -2.14. The van der Waals surface area contributed by atoms with Crippen LogP contribution in [0.4, 0.5) is 11.8 Å². The molecule has 26 heavy (non-hydrogen) atoms. The van der Waals surface area contributed by atoms with E-state index in [2.05, 4.69) is 73.2 Å². The fraction of sp³-hybridized carbons (Fsp3) is 0.524. The molecular formula is C21H30N4O. The molecule has 0 radical (unpaired) electrons. The second-order valence-corrected chi connectivity index (χ2v) is 8.20. The molecule has 2 heterocycles. The van der Waals surface area contributed by atoms with Crippen LogP contribution in [0.2, 0.25) is 0 Å². The number of fused-ring (bicyclic) bond motifs is 1. The van der Waals surface area contributed by atoms with Crippen molar-refractivity contribution in [2.24, 2.45) is 0 Å². The molecule has 1 aromatic heterocycles. The third-order valence-corrected chi connectivity index (χ3v) is 5.05. The van der Waals surface area contributed by atoms with Gasteiger partial charge in [0.1, 0.15) is 5.82 Å². The smallest absolute Gasteiger partial charge is 0.225 e. The van der Waals surface area contributed by atoms with Gasteiger partial charge < -0.3 is 15.3 Å². The maximum Gasteiger partial charge on any atom is 0.225 e. The van der Waals surface area contributed by atoms with Gasteiger partial charge in [0.05, 0.1) is 12.3 Å². The molecule has 1 aliphatic rings. The highest BCUT2D eigenvalue weighted by Gasteiger charge is 2.34. The fourth-order valence-corrected chi connectivity index (χ4v) is 3.44. The molecule has 0 amide bonds. The van der Waals surface area contributed by atoms with Crippen LogP contribution in [-0.4, -0.2) is 33.3 Å². The molecule has 2 N–H and O–H groups in total. The summed E-state index contributed by atoms with van der Waals surface area (Å²) >= 11 is 0. The lowest BCUT2D eigenvalue weighted by atomic mass is 9.85. The molecule has 1 atom stereocenters. The number of anilines is 2. The maximum absolute atomic E-state index is 9.36. The van der Waals surface area contributed by atoms with Gasteiger partial charge in [-0.25, -0.2) is 4.98 Å². The van der Waals surface area contributed by atoms with Crippen LogP contribution in [0.1, 0.15) is 57.4 Å². The number of aliphatic hydroxyl groups excluding tert-OH is 1. The second kappa shape index (κ2) is 7.23. The summed E-state index contributed by atoms with van der Waals surface area (Å²) in [6, 6.07) is 10.7. The minimum absolute atomic E-state index is 0.0309. The van der Waals surface area contributed by atoms with Crippen LogP contribution in [0, 0.1) is 0 Å². The van der Waals surface area contributed by atoms with E-state index < -0.39 is 0 Å². The van der Waals surface area contributed by atoms with Crippen LogP contribution in [0.5, 0.6) is 0 Å². The van der Waals surface area contributed by atoms with Crippen molar-refractivity contribution in [3.05, 3.63) is 47.2 Å². The Balaban J connectivity index is 2.01. The Morgan fingerprint density at radius 2 is 1.85 bits per heavy atom. The van der Waals surface area contributed by atoms with Gasteiger partial charge in [0.25, 0.3) is 0 Å². The monoisotopic (exact) mass is 354 g/mol. The third-order valence-electron chi connectivity index (χ3n) is 5.05. The number of rotatable bonds is 5. The molecule has 5 heteroatoms. The van der Waals surface area contributed by atoms with Crippen LogP contribution in [0.15, 0.2) is 30.3 Å². The van der Waals surface area contributed by atoms with E-state index in [-0.39, 0.29) is 18.2 Å². The normalized spacial score (nSPS) is 17.1. The lowest BCUT2D eigenvalue weighted by molar-refractivity contribution is 0.281. The molecule has 3 rings (SSSR count). The predicted molar refractivity (Wildman–Crippen MR) is 107 cm³/mol. The third kappa shape index (κ3) is 3.83. The van der Waals surface area contributed by atoms with Gasteiger partial charge in [-0.3, -0.25) is 0 Å². The Kier molecular flexibility index (Phi) is 5.19. The zero-order valence-corrected chi connectivity index (χ0v) is 16.5. The zero-order valence-electron chi connectivity index (χ0n) is 16.5. The summed E-state index contributed by atoms with van der Waals surface area (Å²) in [4.78, 5) is 11.8. The highest BCUT2D eigenvalue weighted by atomic mass is 16.3. The first-order valence-corrected chi connectivity index (χ1v) is 9.41. The lowest BCUT2D eigenvalue weighted by Gasteiger charge is -2.44. The van der Waals surface area contributed by atoms with E-state index in [1.54, 1.807) is 0 Å². The second-order valence-electron chi connectivity index (χ2n) is 8.20. The molecule has 0 bridgehead atoms. The van der Waals surface area contributed by atoms with E-state index in [9.17, 15) is 5.11 Å². The van der Waals surface area contributed by atoms with Crippen molar-refractivity contribution in [2.45, 2.75) is 65.1 Å². The Morgan fingerprint density at radius 3 is 2.50 bits per heavy atom. The van der Waals surface area contributed by atoms with Crippen molar-refractivity contribution in [3.8, 4) is 0 Å². The molecule has 2 aromatic rings. The molecule has 0 fully saturated rings. The van der Waals surface area contributed by atoms with Crippen molar-refractivity contribution in [1.82, 2.24) is 9.97 Å². The molecule has 0 aliphatic carbocycles. The Labute approximate surface area is 156 Å². The number of benzene rings is 1. The van der Waals surface area contributed by atoms with E-state index in [0.29, 0.717) is 11.9 Å². The zero-order chi connectivity index (χ0) is 18.9. The van der Waals surface area contributed by atoms with Gasteiger partial charge in [-0.2, -0.15) is 4.98 Å². The molecule has 1 aromatic carbocycles. The SMILES string of the molecule is CC(C)c1cc(N2Cc3ccccc3CC2(C)C)nc(N[C@@H](C)CO)n1. The average Bonchev–Trinajstić information content (AvgIpc) is 2.59. The number of aliphatic hydroxyl groups is 1. The van der Waals surface area contributed by atoms with Gasteiger partial charge in [-0.05, 0) is 44.2 Å². The molecule has 0 saturated heterocycles. The van der Waals surface area contributed by atoms with Crippen LogP contribution >= 0.6 is 0 Å². The van der Waals surface area contributed by atoms with Crippen molar-refractivity contribution < 1.29 is 5.11 Å². The van der Waals surface area contributed by atoms with Gasteiger partial charge in [0.15, 0.2) is 0 Å². The predicted octanol–water partition coefficient (Wildman–Crippen LogP) is 3.73. The molecule has 0 spiro atoms. The van der Waals surface area contributed by atoms with Crippen molar-refractivity contribution in [2.75, 3.05) is 16.8 Å². The fourth-order valence-electron chi connectivity index (χ4n) is 3.44. The summed E-state index contributed by atoms with van der Waals surface area (Å²) in [6.07, 6.45) is 0.986. The largest absolute Gasteiger partial charge is 0.394 e. The quantitative estimate of drug-likeness (QED) is 0.857. The van der Waals surface area contributed by atoms with Crippen LogP contribution < -0.4 is 10.2 Å². The average molecular weight is 354 g/mol. The summed E-state index contributed by atoms with van der Waals surface area (Å²) < 4.78 is 0. The van der Waals surface area contributed by atoms with Gasteiger partial charge in [0.2, 0.25) is 5.95 Å². The first kappa shape index (κ1) is 18.6. The first-order chi connectivity index (χ1) is 12.3. The molecular weight excluding hydrogens is 324 g/mol. The topological polar surface area (TPSA) is 61.3 Å². The minimum atomic E-state index is -0.0830. The Bertz CT molecular complexity index is 772. The van der Waals surface area contributed by atoms with Gasteiger partial charge in [-0.15, -0.1) is 0 Å². The van der Waals surface area contributed by atoms with Crippen LogP contribution in [0.25, 0.3) is 0 Å². The standard InChI is InChI=1S/C21H30N4O/c1-14(2)18-10-19(24-20(23-18)22-15(3)13-26)25-12-17-9-7-6-8-16(17)11-21(25,4)5/h6-10,14-15,26H,11-13H2,1-5H3,(H,22,23,24)/t15-/m0/s1. The van der Waals surface area contributed by atoms with E-state index in [1.165, 1.54) is 11.1 Å². The van der Waals surface area contributed by atoms with Gasteiger partial charge in [-0.1, -0.05) is 38.1 Å². The van der Waals surface area contributed by atoms with Crippen molar-refractivity contribution in [1.29, 1.82) is 0 Å². The minimum Gasteiger partial charge on any atom is -0.394 e. The molecule has 1 aliphatic heterocycles. The molecule has 140 valence electrons.